The van der Waals surface area contributed by atoms with Crippen LogP contribution >= 0.6 is 0 Å². The van der Waals surface area contributed by atoms with Gasteiger partial charge in [-0.05, 0) is 42.0 Å². The molecule has 3 heterocycles. The molecule has 2 amide bonds. The number of imidazole rings is 1. The first-order valence-electron chi connectivity index (χ1n) is 9.85. The fraction of sp³-hybridized carbons (Fsp3) is 0.0435. The summed E-state index contributed by atoms with van der Waals surface area (Å²) in [5.74, 6) is 0.220. The highest BCUT2D eigenvalue weighted by Gasteiger charge is 2.15. The van der Waals surface area contributed by atoms with E-state index in [1.165, 1.54) is 12.1 Å². The average Bonchev–Trinajstić information content (AvgIpc) is 3.24. The molecule has 0 spiro atoms. The Bertz CT molecular complexity index is 1430. The number of urea groups is 1. The maximum atomic E-state index is 14.1. The second-order valence-electron chi connectivity index (χ2n) is 7.17. The van der Waals surface area contributed by atoms with Gasteiger partial charge in [0.1, 0.15) is 5.82 Å². The summed E-state index contributed by atoms with van der Waals surface area (Å²) in [6, 6.07) is 14.8. The lowest BCUT2D eigenvalue weighted by molar-refractivity contribution is 0.259. The molecule has 158 valence electrons. The van der Waals surface area contributed by atoms with E-state index in [9.17, 15) is 9.18 Å². The number of anilines is 2. The summed E-state index contributed by atoms with van der Waals surface area (Å²) in [6.07, 6.45) is 5.18. The highest BCUT2D eigenvalue weighted by molar-refractivity contribution is 5.89. The number of pyridine rings is 1. The van der Waals surface area contributed by atoms with Gasteiger partial charge in [0.2, 0.25) is 0 Å². The number of primary amides is 1. The van der Waals surface area contributed by atoms with Gasteiger partial charge in [0, 0.05) is 36.3 Å². The molecule has 0 atom stereocenters. The van der Waals surface area contributed by atoms with Crippen LogP contribution < -0.4 is 16.4 Å². The van der Waals surface area contributed by atoms with Crippen molar-refractivity contribution in [2.24, 2.45) is 5.73 Å². The average molecular weight is 427 g/mol. The first kappa shape index (κ1) is 19.4. The van der Waals surface area contributed by atoms with Crippen LogP contribution in [0.25, 0.3) is 27.9 Å². The molecule has 0 bridgehead atoms. The van der Waals surface area contributed by atoms with Crippen molar-refractivity contribution in [1.82, 2.24) is 19.4 Å². The van der Waals surface area contributed by atoms with Gasteiger partial charge in [-0.15, -0.1) is 0 Å². The largest absolute Gasteiger partial charge is 0.363 e. The summed E-state index contributed by atoms with van der Waals surface area (Å²) < 4.78 is 16.0. The summed E-state index contributed by atoms with van der Waals surface area (Å²) in [6.45, 7) is 0.535. The number of benzene rings is 2. The van der Waals surface area contributed by atoms with E-state index < -0.39 is 6.03 Å². The van der Waals surface area contributed by atoms with Gasteiger partial charge in [-0.2, -0.15) is 0 Å². The molecule has 5 rings (SSSR count). The van der Waals surface area contributed by atoms with E-state index in [0.717, 1.165) is 16.8 Å². The molecule has 5 aromatic rings. The van der Waals surface area contributed by atoms with Gasteiger partial charge in [0.25, 0.3) is 0 Å². The van der Waals surface area contributed by atoms with Gasteiger partial charge >= 0.3 is 6.03 Å². The number of carbonyl (C=O) groups excluding carboxylic acids is 1. The highest BCUT2D eigenvalue weighted by atomic mass is 19.1. The van der Waals surface area contributed by atoms with E-state index in [1.54, 1.807) is 36.8 Å². The molecule has 0 radical (unpaired) electrons. The minimum absolute atomic E-state index is 0.362. The zero-order chi connectivity index (χ0) is 22.1. The third-order valence-electron chi connectivity index (χ3n) is 5.04. The van der Waals surface area contributed by atoms with E-state index in [1.807, 2.05) is 28.7 Å². The van der Waals surface area contributed by atoms with Crippen LogP contribution in [-0.2, 0) is 6.54 Å². The van der Waals surface area contributed by atoms with Crippen molar-refractivity contribution in [2.75, 3.05) is 10.6 Å². The standard InChI is InChI=1S/C23H18FN7O/c24-16-3-6-18-19(11-16)31-20(15-1-4-17(5-2-15)29-23(25)32)13-28-22(31)21(30-18)27-12-14-7-9-26-10-8-14/h1-11,13H,12H2,(H,27,30)(H3,25,29,32). The van der Waals surface area contributed by atoms with Gasteiger partial charge in [-0.3, -0.25) is 9.38 Å². The SMILES string of the molecule is NC(=O)Nc1ccc(-c2cnc3c(NCc4ccncc4)nc4ccc(F)cc4n23)cc1. The number of nitrogens with two attached hydrogens (primary N) is 1. The molecule has 3 aromatic heterocycles. The Labute approximate surface area is 182 Å². The summed E-state index contributed by atoms with van der Waals surface area (Å²) in [4.78, 5) is 24.4. The predicted octanol–water partition coefficient (Wildman–Crippen LogP) is 4.19. The molecule has 2 aromatic carbocycles. The summed E-state index contributed by atoms with van der Waals surface area (Å²) >= 11 is 0. The number of amides is 2. The van der Waals surface area contributed by atoms with Crippen LogP contribution in [0.5, 0.6) is 0 Å². The Morgan fingerprint density at radius 1 is 1.06 bits per heavy atom. The normalized spacial score (nSPS) is 11.0. The van der Waals surface area contributed by atoms with E-state index >= 15 is 0 Å². The van der Waals surface area contributed by atoms with Crippen molar-refractivity contribution in [3.8, 4) is 11.3 Å². The van der Waals surface area contributed by atoms with Crippen LogP contribution in [-0.4, -0.2) is 25.4 Å². The molecule has 0 aliphatic heterocycles. The van der Waals surface area contributed by atoms with E-state index in [4.69, 9.17) is 5.73 Å². The van der Waals surface area contributed by atoms with Crippen LogP contribution in [0.3, 0.4) is 0 Å². The molecule has 0 aliphatic rings. The van der Waals surface area contributed by atoms with E-state index in [2.05, 4.69) is 25.6 Å². The van der Waals surface area contributed by atoms with Crippen LogP contribution in [0.15, 0.2) is 73.2 Å². The molecule has 9 heteroatoms. The summed E-state index contributed by atoms with van der Waals surface area (Å²) in [5.41, 5.74) is 10.2. The van der Waals surface area contributed by atoms with E-state index in [0.29, 0.717) is 34.7 Å². The number of nitrogens with zero attached hydrogens (tertiary/aromatic N) is 4. The number of halogens is 1. The molecular weight excluding hydrogens is 409 g/mol. The lowest BCUT2D eigenvalue weighted by atomic mass is 10.1. The molecule has 0 aliphatic carbocycles. The number of rotatable bonds is 5. The Morgan fingerprint density at radius 2 is 1.84 bits per heavy atom. The van der Waals surface area contributed by atoms with E-state index in [-0.39, 0.29) is 5.82 Å². The fourth-order valence-electron chi connectivity index (χ4n) is 3.58. The molecule has 8 nitrogen and oxygen atoms in total. The van der Waals surface area contributed by atoms with Crippen molar-refractivity contribution in [2.45, 2.75) is 6.54 Å². The molecule has 0 fully saturated rings. The van der Waals surface area contributed by atoms with Crippen LogP contribution in [0.2, 0.25) is 0 Å². The number of hydrogen-bond acceptors (Lipinski definition) is 5. The lowest BCUT2D eigenvalue weighted by Gasteiger charge is -2.12. The Balaban J connectivity index is 1.63. The Hall–Kier alpha value is -4.53. The highest BCUT2D eigenvalue weighted by Crippen LogP contribution is 2.29. The van der Waals surface area contributed by atoms with Crippen molar-refractivity contribution in [3.05, 3.63) is 84.6 Å². The monoisotopic (exact) mass is 427 g/mol. The number of hydrogen-bond donors (Lipinski definition) is 3. The molecule has 0 unspecified atom stereocenters. The molecule has 32 heavy (non-hydrogen) atoms. The number of carbonyl (C=O) groups is 1. The van der Waals surface area contributed by atoms with Gasteiger partial charge < -0.3 is 16.4 Å². The second-order valence-corrected chi connectivity index (χ2v) is 7.17. The molecule has 0 saturated carbocycles. The first-order chi connectivity index (χ1) is 15.6. The van der Waals surface area contributed by atoms with Crippen molar-refractivity contribution in [3.63, 3.8) is 0 Å². The molecule has 0 saturated heterocycles. The third kappa shape index (κ3) is 3.67. The number of nitrogens with one attached hydrogen (secondary N) is 2. The first-order valence-corrected chi connectivity index (χ1v) is 9.85. The van der Waals surface area contributed by atoms with Crippen LogP contribution in [0.4, 0.5) is 20.7 Å². The minimum Gasteiger partial charge on any atom is -0.363 e. The third-order valence-corrected chi connectivity index (χ3v) is 5.04. The summed E-state index contributed by atoms with van der Waals surface area (Å²) in [7, 11) is 0. The van der Waals surface area contributed by atoms with Gasteiger partial charge in [0.05, 0.1) is 22.9 Å². The zero-order valence-corrected chi connectivity index (χ0v) is 16.8. The van der Waals surface area contributed by atoms with Crippen molar-refractivity contribution in [1.29, 1.82) is 0 Å². The Kier molecular flexibility index (Phi) is 4.83. The van der Waals surface area contributed by atoms with Gasteiger partial charge in [-0.25, -0.2) is 19.2 Å². The number of fused-ring (bicyclic) bond motifs is 3. The smallest absolute Gasteiger partial charge is 0.316 e. The number of aromatic nitrogens is 4. The maximum absolute atomic E-state index is 14.1. The zero-order valence-electron chi connectivity index (χ0n) is 16.8. The quantitative estimate of drug-likeness (QED) is 0.390. The van der Waals surface area contributed by atoms with Crippen LogP contribution in [0, 0.1) is 5.82 Å². The second kappa shape index (κ2) is 7.95. The van der Waals surface area contributed by atoms with Crippen molar-refractivity contribution >= 4 is 34.2 Å². The topological polar surface area (TPSA) is 110 Å². The Morgan fingerprint density at radius 3 is 2.59 bits per heavy atom. The minimum atomic E-state index is -0.634. The van der Waals surface area contributed by atoms with Crippen molar-refractivity contribution < 1.29 is 9.18 Å². The van der Waals surface area contributed by atoms with Gasteiger partial charge in [0.15, 0.2) is 11.5 Å². The molecule has 4 N–H and O–H groups in total. The van der Waals surface area contributed by atoms with Gasteiger partial charge in [-0.1, -0.05) is 12.1 Å². The fourth-order valence-corrected chi connectivity index (χ4v) is 3.58. The summed E-state index contributed by atoms with van der Waals surface area (Å²) in [5, 5.41) is 5.86. The predicted molar refractivity (Wildman–Crippen MR) is 121 cm³/mol. The maximum Gasteiger partial charge on any atom is 0.316 e. The van der Waals surface area contributed by atoms with Crippen LogP contribution in [0.1, 0.15) is 5.56 Å². The lowest BCUT2D eigenvalue weighted by Crippen LogP contribution is -2.19. The molecular formula is C23H18FN7O.